The van der Waals surface area contributed by atoms with Gasteiger partial charge in [-0.3, -0.25) is 0 Å². The highest BCUT2D eigenvalue weighted by Crippen LogP contribution is 2.29. The predicted molar refractivity (Wildman–Crippen MR) is 113 cm³/mol. The number of halogens is 2. The Labute approximate surface area is 177 Å². The van der Waals surface area contributed by atoms with Crippen LogP contribution in [-0.2, 0) is 25.8 Å². The van der Waals surface area contributed by atoms with Crippen LogP contribution >= 0.6 is 34.5 Å². The number of benzene rings is 2. The van der Waals surface area contributed by atoms with E-state index in [1.165, 1.54) is 12.1 Å². The maximum atomic E-state index is 13.0. The number of aryl methyl sites for hydroxylation is 1. The fourth-order valence-corrected chi connectivity index (χ4v) is 5.09. The van der Waals surface area contributed by atoms with Gasteiger partial charge in [-0.2, -0.15) is 0 Å². The molecule has 0 fully saturated rings. The second kappa shape index (κ2) is 10.7. The molecule has 2 aromatic carbocycles. The Morgan fingerprint density at radius 3 is 2.11 bits per heavy atom. The predicted octanol–water partition coefficient (Wildman–Crippen LogP) is 3.16. The Morgan fingerprint density at radius 1 is 1.19 bits per heavy atom. The molecule has 9 heteroatoms. The average Bonchev–Trinajstić information content (AvgIpc) is 2.67. The Balaban J connectivity index is 0.000000828. The van der Waals surface area contributed by atoms with Gasteiger partial charge in [-0.1, -0.05) is 48.0 Å². The molecule has 0 radical (unpaired) electrons. The molecule has 27 heavy (non-hydrogen) atoms. The van der Waals surface area contributed by atoms with Gasteiger partial charge in [0.05, 0.1) is 10.8 Å². The third-order valence-electron chi connectivity index (χ3n) is 3.65. The van der Waals surface area contributed by atoms with E-state index in [-0.39, 0.29) is 17.2 Å². The number of sulfone groups is 1. The Hall–Kier alpha value is -1.49. The molecule has 0 aromatic heterocycles. The first kappa shape index (κ1) is 23.5. The van der Waals surface area contributed by atoms with Gasteiger partial charge < -0.3 is 9.90 Å². The summed E-state index contributed by atoms with van der Waals surface area (Å²) in [5.41, 5.74) is 1.52. The lowest BCUT2D eigenvalue weighted by Crippen LogP contribution is -2.56. The zero-order chi connectivity index (χ0) is 20.5. The number of carboxylic acids is 1. The summed E-state index contributed by atoms with van der Waals surface area (Å²) in [6.07, 6.45) is 0.462. The van der Waals surface area contributed by atoms with Crippen molar-refractivity contribution in [3.8, 4) is 0 Å². The maximum absolute atomic E-state index is 13.0. The standard InChI is InChI=1S/C16H16INO4S.C2H3ClO/c1-12-7-9-14(10-8-12)23(21,22)16(18-17,15(19)20)11-13-5-3-2-4-6-13;3-1-2-4/h2-10,18H,11H2,1H3,(H,19,20);2H,1H2. The molecule has 2 rings (SSSR count). The van der Waals surface area contributed by atoms with Gasteiger partial charge in [-0.25, -0.2) is 16.7 Å². The molecule has 0 aliphatic heterocycles. The third kappa shape index (κ3) is 5.74. The van der Waals surface area contributed by atoms with Crippen molar-refractivity contribution in [3.05, 3.63) is 65.7 Å². The molecule has 0 heterocycles. The fourth-order valence-electron chi connectivity index (χ4n) is 2.21. The molecule has 0 aliphatic carbocycles. The lowest BCUT2D eigenvalue weighted by atomic mass is 10.1. The molecule has 1 atom stereocenters. The summed E-state index contributed by atoms with van der Waals surface area (Å²) in [6, 6.07) is 14.8. The molecule has 0 amide bonds. The molecule has 0 bridgehead atoms. The fraction of sp³-hybridized carbons (Fsp3) is 0.222. The first-order chi connectivity index (χ1) is 12.7. The summed E-state index contributed by atoms with van der Waals surface area (Å²) in [5, 5.41) is 9.69. The number of carbonyl (C=O) groups excluding carboxylic acids is 1. The lowest BCUT2D eigenvalue weighted by molar-refractivity contribution is -0.140. The number of aliphatic carboxylic acids is 1. The molecule has 0 aliphatic rings. The molecule has 0 spiro atoms. The van der Waals surface area contributed by atoms with Gasteiger partial charge in [-0.05, 0) is 24.6 Å². The smallest absolute Gasteiger partial charge is 0.341 e. The summed E-state index contributed by atoms with van der Waals surface area (Å²) < 4.78 is 28.5. The van der Waals surface area contributed by atoms with Crippen LogP contribution in [0.15, 0.2) is 59.5 Å². The zero-order valence-electron chi connectivity index (χ0n) is 14.4. The number of rotatable bonds is 7. The highest BCUT2D eigenvalue weighted by molar-refractivity contribution is 14.1. The third-order valence-corrected chi connectivity index (χ3v) is 7.29. The molecule has 2 aromatic rings. The molecule has 6 nitrogen and oxygen atoms in total. The number of hydrogen-bond donors (Lipinski definition) is 2. The van der Waals surface area contributed by atoms with Crippen LogP contribution < -0.4 is 3.53 Å². The molecule has 146 valence electrons. The van der Waals surface area contributed by atoms with Gasteiger partial charge in [0.15, 0.2) is 0 Å². The maximum Gasteiger partial charge on any atom is 0.341 e. The normalized spacial score (nSPS) is 13.0. The minimum Gasteiger partial charge on any atom is -0.479 e. The lowest BCUT2D eigenvalue weighted by Gasteiger charge is -2.28. The quantitative estimate of drug-likeness (QED) is 0.250. The number of aldehydes is 1. The SMILES string of the molecule is Cc1ccc(S(=O)(=O)C(Cc2ccccc2)(NI)C(=O)O)cc1.O=CCCl. The molecular formula is C18H19ClINO5S. The van der Waals surface area contributed by atoms with Crippen molar-refractivity contribution in [1.82, 2.24) is 3.53 Å². The van der Waals surface area contributed by atoms with E-state index in [1.54, 1.807) is 65.3 Å². The van der Waals surface area contributed by atoms with Crippen molar-refractivity contribution >= 4 is 56.6 Å². The van der Waals surface area contributed by atoms with Crippen molar-refractivity contribution in [2.24, 2.45) is 0 Å². The highest BCUT2D eigenvalue weighted by Gasteiger charge is 2.51. The molecule has 0 saturated carbocycles. The van der Waals surface area contributed by atoms with Crippen LogP contribution in [-0.4, -0.2) is 36.5 Å². The summed E-state index contributed by atoms with van der Waals surface area (Å²) in [5.74, 6) is -1.32. The van der Waals surface area contributed by atoms with Crippen LogP contribution in [0.1, 0.15) is 11.1 Å². The first-order valence-electron chi connectivity index (χ1n) is 7.71. The van der Waals surface area contributed by atoms with Crippen LogP contribution in [0.25, 0.3) is 0 Å². The van der Waals surface area contributed by atoms with Crippen LogP contribution in [0.3, 0.4) is 0 Å². The first-order valence-corrected chi connectivity index (χ1v) is 10.8. The number of nitrogens with one attached hydrogen (secondary N) is 1. The summed E-state index contributed by atoms with van der Waals surface area (Å²) in [7, 11) is -4.15. The van der Waals surface area contributed by atoms with E-state index >= 15 is 0 Å². The Kier molecular flexibility index (Phi) is 9.37. The molecule has 2 N–H and O–H groups in total. The van der Waals surface area contributed by atoms with E-state index in [2.05, 4.69) is 3.53 Å². The number of alkyl halides is 1. The van der Waals surface area contributed by atoms with E-state index in [0.29, 0.717) is 11.8 Å². The van der Waals surface area contributed by atoms with E-state index in [9.17, 15) is 18.3 Å². The van der Waals surface area contributed by atoms with Gasteiger partial charge in [-0.15, -0.1) is 11.6 Å². The minimum absolute atomic E-state index is 0.0226. The van der Waals surface area contributed by atoms with Crippen LogP contribution in [0.4, 0.5) is 0 Å². The van der Waals surface area contributed by atoms with Crippen molar-refractivity contribution in [2.45, 2.75) is 23.1 Å². The van der Waals surface area contributed by atoms with E-state index < -0.39 is 20.7 Å². The van der Waals surface area contributed by atoms with E-state index in [1.807, 2.05) is 6.92 Å². The average molecular weight is 524 g/mol. The van der Waals surface area contributed by atoms with Crippen LogP contribution in [0.5, 0.6) is 0 Å². The van der Waals surface area contributed by atoms with Gasteiger partial charge in [0.1, 0.15) is 6.29 Å². The molecule has 1 unspecified atom stereocenters. The van der Waals surface area contributed by atoms with E-state index in [0.717, 1.165) is 5.56 Å². The van der Waals surface area contributed by atoms with Crippen molar-refractivity contribution < 1.29 is 23.1 Å². The summed E-state index contributed by atoms with van der Waals surface area (Å²) in [6.45, 7) is 1.83. The van der Waals surface area contributed by atoms with Crippen LogP contribution in [0.2, 0.25) is 0 Å². The van der Waals surface area contributed by atoms with Crippen molar-refractivity contribution in [2.75, 3.05) is 5.88 Å². The van der Waals surface area contributed by atoms with Gasteiger partial charge in [0, 0.05) is 29.3 Å². The van der Waals surface area contributed by atoms with E-state index in [4.69, 9.17) is 16.4 Å². The number of carbonyl (C=O) groups is 2. The summed E-state index contributed by atoms with van der Waals surface area (Å²) in [4.78, 5) is 18.8. The van der Waals surface area contributed by atoms with Crippen LogP contribution in [0, 0.1) is 6.92 Å². The topological polar surface area (TPSA) is 101 Å². The minimum atomic E-state index is -4.15. The van der Waals surface area contributed by atoms with Crippen molar-refractivity contribution in [1.29, 1.82) is 0 Å². The number of carboxylic acid groups (broad SMARTS) is 1. The Morgan fingerprint density at radius 2 is 1.70 bits per heavy atom. The monoisotopic (exact) mass is 523 g/mol. The molecule has 0 saturated heterocycles. The van der Waals surface area contributed by atoms with Gasteiger partial charge >= 0.3 is 5.97 Å². The second-order valence-corrected chi connectivity index (χ2v) is 8.55. The largest absolute Gasteiger partial charge is 0.479 e. The van der Waals surface area contributed by atoms with Gasteiger partial charge in [0.25, 0.3) is 0 Å². The summed E-state index contributed by atoms with van der Waals surface area (Å²) >= 11 is 6.41. The zero-order valence-corrected chi connectivity index (χ0v) is 18.2. The highest BCUT2D eigenvalue weighted by atomic mass is 127. The number of hydrogen-bond acceptors (Lipinski definition) is 5. The van der Waals surface area contributed by atoms with Gasteiger partial charge in [0.2, 0.25) is 14.7 Å². The molecular weight excluding hydrogens is 505 g/mol. The Bertz CT molecular complexity index is 859. The second-order valence-electron chi connectivity index (χ2n) is 5.53. The van der Waals surface area contributed by atoms with Crippen molar-refractivity contribution in [3.63, 3.8) is 0 Å².